The molecule has 2 aromatic rings. The molecule has 0 bridgehead atoms. The Kier molecular flexibility index (Phi) is 5.16. The molecule has 0 radical (unpaired) electrons. The first-order chi connectivity index (χ1) is 13.1. The lowest BCUT2D eigenvalue weighted by Gasteiger charge is -2.20. The van der Waals surface area contributed by atoms with Crippen LogP contribution in [0, 0.1) is 6.92 Å². The Morgan fingerprint density at radius 1 is 1.30 bits per heavy atom. The van der Waals surface area contributed by atoms with Crippen molar-refractivity contribution in [3.05, 3.63) is 41.8 Å². The smallest absolute Gasteiger partial charge is 0.226 e. The van der Waals surface area contributed by atoms with E-state index in [1.807, 2.05) is 19.2 Å². The molecule has 0 amide bonds. The second kappa shape index (κ2) is 7.72. The summed E-state index contributed by atoms with van der Waals surface area (Å²) in [5.41, 5.74) is 3.09. The maximum absolute atomic E-state index is 5.63. The molecule has 1 saturated carbocycles. The van der Waals surface area contributed by atoms with Gasteiger partial charge in [0.2, 0.25) is 5.89 Å². The Labute approximate surface area is 161 Å². The van der Waals surface area contributed by atoms with Gasteiger partial charge < -0.3 is 15.1 Å². The molecular weight excluding hydrogens is 338 g/mol. The van der Waals surface area contributed by atoms with E-state index in [0.29, 0.717) is 24.5 Å². The number of aryl methyl sites for hydroxylation is 1. The number of guanidine groups is 1. The summed E-state index contributed by atoms with van der Waals surface area (Å²) in [5.74, 6) is 1.48. The van der Waals surface area contributed by atoms with Crippen molar-refractivity contribution >= 4 is 5.96 Å². The van der Waals surface area contributed by atoms with Crippen molar-refractivity contribution < 1.29 is 4.42 Å². The molecule has 1 aromatic carbocycles. The third kappa shape index (κ3) is 4.33. The van der Waals surface area contributed by atoms with Crippen LogP contribution in [0.2, 0.25) is 0 Å². The SMILES string of the molecule is CN=C(NCc1coc(-c2ccc(C)cc2)n1)NC1CC(C)N(C2CC2)C1. The van der Waals surface area contributed by atoms with E-state index in [-0.39, 0.29) is 0 Å². The maximum atomic E-state index is 5.63. The van der Waals surface area contributed by atoms with Gasteiger partial charge in [0.25, 0.3) is 0 Å². The molecule has 0 spiro atoms. The van der Waals surface area contributed by atoms with Gasteiger partial charge in [-0.1, -0.05) is 17.7 Å². The Balaban J connectivity index is 1.30. The van der Waals surface area contributed by atoms with Crippen molar-refractivity contribution in [2.45, 2.75) is 57.8 Å². The minimum Gasteiger partial charge on any atom is -0.444 e. The van der Waals surface area contributed by atoms with Gasteiger partial charge in [-0.3, -0.25) is 9.89 Å². The lowest BCUT2D eigenvalue weighted by atomic mass is 10.1. The van der Waals surface area contributed by atoms with Crippen LogP contribution in [0.3, 0.4) is 0 Å². The van der Waals surface area contributed by atoms with Gasteiger partial charge in [0.1, 0.15) is 6.26 Å². The summed E-state index contributed by atoms with van der Waals surface area (Å²) in [7, 11) is 1.81. The van der Waals surface area contributed by atoms with Gasteiger partial charge in [-0.15, -0.1) is 0 Å². The van der Waals surface area contributed by atoms with Crippen LogP contribution < -0.4 is 10.6 Å². The molecule has 1 aromatic heterocycles. The summed E-state index contributed by atoms with van der Waals surface area (Å²) >= 11 is 0. The summed E-state index contributed by atoms with van der Waals surface area (Å²) in [6, 6.07) is 10.1. The predicted molar refractivity (Wildman–Crippen MR) is 108 cm³/mol. The van der Waals surface area contributed by atoms with E-state index in [9.17, 15) is 0 Å². The summed E-state index contributed by atoms with van der Waals surface area (Å²) in [6.07, 6.45) is 5.60. The minimum atomic E-state index is 0.451. The monoisotopic (exact) mass is 367 g/mol. The molecule has 2 fully saturated rings. The van der Waals surface area contributed by atoms with E-state index in [1.165, 1.54) is 24.8 Å². The summed E-state index contributed by atoms with van der Waals surface area (Å²) in [4.78, 5) is 11.6. The fourth-order valence-electron chi connectivity index (χ4n) is 3.85. The molecule has 2 N–H and O–H groups in total. The zero-order valence-electron chi connectivity index (χ0n) is 16.4. The average Bonchev–Trinajstić information content (AvgIpc) is 3.29. The zero-order valence-corrected chi connectivity index (χ0v) is 16.4. The highest BCUT2D eigenvalue weighted by Gasteiger charge is 2.38. The van der Waals surface area contributed by atoms with E-state index >= 15 is 0 Å². The number of hydrogen-bond donors (Lipinski definition) is 2. The van der Waals surface area contributed by atoms with Gasteiger partial charge >= 0.3 is 0 Å². The number of nitrogens with zero attached hydrogens (tertiary/aromatic N) is 3. The van der Waals surface area contributed by atoms with Crippen molar-refractivity contribution in [2.75, 3.05) is 13.6 Å². The Bertz CT molecular complexity index is 793. The summed E-state index contributed by atoms with van der Waals surface area (Å²) in [6.45, 7) is 6.10. The summed E-state index contributed by atoms with van der Waals surface area (Å²) in [5, 5.41) is 6.92. The first kappa shape index (κ1) is 18.0. The minimum absolute atomic E-state index is 0.451. The summed E-state index contributed by atoms with van der Waals surface area (Å²) < 4.78 is 5.63. The van der Waals surface area contributed by atoms with E-state index < -0.39 is 0 Å². The van der Waals surface area contributed by atoms with Crippen LogP contribution in [0.4, 0.5) is 0 Å². The van der Waals surface area contributed by atoms with Gasteiger partial charge in [-0.05, 0) is 45.2 Å². The molecule has 1 aliphatic carbocycles. The number of likely N-dealkylation sites (tertiary alicyclic amines) is 1. The topological polar surface area (TPSA) is 65.7 Å². The predicted octanol–water partition coefficient (Wildman–Crippen LogP) is 2.94. The lowest BCUT2D eigenvalue weighted by Crippen LogP contribution is -2.44. The Morgan fingerprint density at radius 2 is 2.07 bits per heavy atom. The molecule has 4 rings (SSSR count). The standard InChI is InChI=1S/C21H29N5O/c1-14-4-6-16(7-5-14)20-24-18(13-27-20)11-23-21(22-3)25-17-10-15(2)26(12-17)19-8-9-19/h4-7,13,15,17,19H,8-12H2,1-3H3,(H2,22,23,25). The van der Waals surface area contributed by atoms with Crippen molar-refractivity contribution in [3.63, 3.8) is 0 Å². The number of aromatic nitrogens is 1. The van der Waals surface area contributed by atoms with Crippen LogP contribution in [0.15, 0.2) is 39.9 Å². The number of nitrogens with one attached hydrogen (secondary N) is 2. The molecule has 144 valence electrons. The largest absolute Gasteiger partial charge is 0.444 e. The van der Waals surface area contributed by atoms with Crippen molar-refractivity contribution in [3.8, 4) is 11.5 Å². The second-order valence-electron chi connectivity index (χ2n) is 7.79. The van der Waals surface area contributed by atoms with E-state index in [0.717, 1.165) is 29.8 Å². The van der Waals surface area contributed by atoms with Crippen LogP contribution >= 0.6 is 0 Å². The first-order valence-corrected chi connectivity index (χ1v) is 9.86. The molecule has 27 heavy (non-hydrogen) atoms. The molecule has 2 heterocycles. The highest BCUT2D eigenvalue weighted by molar-refractivity contribution is 5.80. The Morgan fingerprint density at radius 3 is 2.78 bits per heavy atom. The highest BCUT2D eigenvalue weighted by Crippen LogP contribution is 2.33. The molecule has 1 saturated heterocycles. The van der Waals surface area contributed by atoms with Crippen molar-refractivity contribution in [1.29, 1.82) is 0 Å². The first-order valence-electron chi connectivity index (χ1n) is 9.86. The molecular formula is C21H29N5O. The maximum Gasteiger partial charge on any atom is 0.226 e. The van der Waals surface area contributed by atoms with Gasteiger partial charge in [-0.2, -0.15) is 0 Å². The van der Waals surface area contributed by atoms with Crippen LogP contribution in [0.25, 0.3) is 11.5 Å². The average molecular weight is 367 g/mol. The normalized spacial score (nSPS) is 23.6. The number of hydrogen-bond acceptors (Lipinski definition) is 4. The number of rotatable bonds is 5. The van der Waals surface area contributed by atoms with Gasteiger partial charge in [0.05, 0.1) is 12.2 Å². The highest BCUT2D eigenvalue weighted by atomic mass is 16.3. The fourth-order valence-corrected chi connectivity index (χ4v) is 3.85. The molecule has 2 atom stereocenters. The quantitative estimate of drug-likeness (QED) is 0.628. The second-order valence-corrected chi connectivity index (χ2v) is 7.79. The van der Waals surface area contributed by atoms with Crippen molar-refractivity contribution in [1.82, 2.24) is 20.5 Å². The van der Waals surface area contributed by atoms with Crippen LogP contribution in [0.1, 0.15) is 37.4 Å². The Hall–Kier alpha value is -2.34. The van der Waals surface area contributed by atoms with Crippen LogP contribution in [0.5, 0.6) is 0 Å². The van der Waals surface area contributed by atoms with Gasteiger partial charge in [-0.25, -0.2) is 4.98 Å². The van der Waals surface area contributed by atoms with Gasteiger partial charge in [0, 0.05) is 37.3 Å². The van der Waals surface area contributed by atoms with Gasteiger partial charge in [0.15, 0.2) is 5.96 Å². The van der Waals surface area contributed by atoms with Crippen LogP contribution in [-0.2, 0) is 6.54 Å². The fraction of sp³-hybridized carbons (Fsp3) is 0.524. The van der Waals surface area contributed by atoms with E-state index in [1.54, 1.807) is 6.26 Å². The van der Waals surface area contributed by atoms with Crippen LogP contribution in [-0.4, -0.2) is 47.6 Å². The molecule has 2 unspecified atom stereocenters. The third-order valence-electron chi connectivity index (χ3n) is 5.49. The number of benzene rings is 1. The van der Waals surface area contributed by atoms with E-state index in [2.05, 4.69) is 51.5 Å². The molecule has 2 aliphatic rings. The number of oxazole rings is 1. The van der Waals surface area contributed by atoms with Crippen molar-refractivity contribution in [2.24, 2.45) is 4.99 Å². The number of aliphatic imine (C=N–C) groups is 1. The third-order valence-corrected chi connectivity index (χ3v) is 5.49. The molecule has 6 heteroatoms. The molecule has 6 nitrogen and oxygen atoms in total. The molecule has 1 aliphatic heterocycles. The zero-order chi connectivity index (χ0) is 18.8. The van der Waals surface area contributed by atoms with E-state index in [4.69, 9.17) is 4.42 Å². The lowest BCUT2D eigenvalue weighted by molar-refractivity contribution is 0.256.